The number of carbonyl (C=O) groups excluding carboxylic acids is 1. The third-order valence-electron chi connectivity index (χ3n) is 4.03. The van der Waals surface area contributed by atoms with Crippen molar-refractivity contribution in [2.45, 2.75) is 46.5 Å². The van der Waals surface area contributed by atoms with Gasteiger partial charge in [0.2, 0.25) is 5.91 Å². The third-order valence-corrected chi connectivity index (χ3v) is 4.03. The number of aryl methyl sites for hydroxylation is 1. The zero-order chi connectivity index (χ0) is 15.0. The Morgan fingerprint density at radius 2 is 1.85 bits per heavy atom. The molecule has 0 aliphatic rings. The van der Waals surface area contributed by atoms with E-state index >= 15 is 0 Å². The summed E-state index contributed by atoms with van der Waals surface area (Å²) in [5.74, 6) is 0.850. The predicted octanol–water partition coefficient (Wildman–Crippen LogP) is 3.49. The smallest absolute Gasteiger partial charge is 0.222 e. The number of para-hydroxylation sites is 1. The summed E-state index contributed by atoms with van der Waals surface area (Å²) < 4.78 is 0. The van der Waals surface area contributed by atoms with E-state index in [9.17, 15) is 4.79 Å². The molecule has 3 heteroatoms. The number of nitrogens with zero attached hydrogens (tertiary/aromatic N) is 1. The Kier molecular flexibility index (Phi) is 7.13. The lowest BCUT2D eigenvalue weighted by atomic mass is 10.0. The zero-order valence-electron chi connectivity index (χ0n) is 13.1. The summed E-state index contributed by atoms with van der Waals surface area (Å²) in [6, 6.07) is 7.78. The summed E-state index contributed by atoms with van der Waals surface area (Å²) >= 11 is 0. The molecule has 20 heavy (non-hydrogen) atoms. The molecule has 0 atom stereocenters. The van der Waals surface area contributed by atoms with E-state index in [0.29, 0.717) is 12.3 Å². The molecular weight excluding hydrogens is 248 g/mol. The van der Waals surface area contributed by atoms with Gasteiger partial charge in [-0.05, 0) is 30.9 Å². The number of anilines is 1. The molecule has 112 valence electrons. The average molecular weight is 276 g/mol. The predicted molar refractivity (Wildman–Crippen MR) is 85.5 cm³/mol. The Hall–Kier alpha value is -1.51. The van der Waals surface area contributed by atoms with Crippen LogP contribution in [0.4, 0.5) is 5.69 Å². The maximum absolute atomic E-state index is 12.3. The molecule has 0 aliphatic heterocycles. The largest absolute Gasteiger partial charge is 0.399 e. The van der Waals surface area contributed by atoms with Crippen molar-refractivity contribution in [2.24, 2.45) is 5.92 Å². The molecular formula is C17H28N2O. The van der Waals surface area contributed by atoms with Crippen molar-refractivity contribution < 1.29 is 4.79 Å². The van der Waals surface area contributed by atoms with E-state index in [2.05, 4.69) is 20.8 Å². The Balaban J connectivity index is 2.53. The van der Waals surface area contributed by atoms with Crippen LogP contribution in [0.1, 0.15) is 45.6 Å². The maximum atomic E-state index is 12.3. The molecule has 0 heterocycles. The van der Waals surface area contributed by atoms with Gasteiger partial charge >= 0.3 is 0 Å². The lowest BCUT2D eigenvalue weighted by Gasteiger charge is -2.25. The van der Waals surface area contributed by atoms with Crippen molar-refractivity contribution in [3.8, 4) is 0 Å². The van der Waals surface area contributed by atoms with Gasteiger partial charge in [-0.25, -0.2) is 0 Å². The van der Waals surface area contributed by atoms with Crippen molar-refractivity contribution in [1.82, 2.24) is 4.90 Å². The summed E-state index contributed by atoms with van der Waals surface area (Å²) in [6.45, 7) is 8.11. The molecule has 0 bridgehead atoms. The lowest BCUT2D eigenvalue weighted by molar-refractivity contribution is -0.131. The fourth-order valence-corrected chi connectivity index (χ4v) is 2.43. The Bertz CT molecular complexity index is 413. The molecule has 1 aromatic rings. The highest BCUT2D eigenvalue weighted by Gasteiger charge is 2.15. The van der Waals surface area contributed by atoms with Gasteiger partial charge < -0.3 is 10.6 Å². The van der Waals surface area contributed by atoms with Gasteiger partial charge in [0.15, 0.2) is 0 Å². The Labute approximate surface area is 123 Å². The van der Waals surface area contributed by atoms with Gasteiger partial charge in [0.25, 0.3) is 0 Å². The van der Waals surface area contributed by atoms with Crippen LogP contribution in [0.25, 0.3) is 0 Å². The van der Waals surface area contributed by atoms with Crippen molar-refractivity contribution in [3.63, 3.8) is 0 Å². The maximum Gasteiger partial charge on any atom is 0.222 e. The number of amides is 1. The first-order valence-electron chi connectivity index (χ1n) is 7.73. The van der Waals surface area contributed by atoms with Gasteiger partial charge in [-0.15, -0.1) is 0 Å². The molecule has 2 N–H and O–H groups in total. The van der Waals surface area contributed by atoms with E-state index in [-0.39, 0.29) is 5.91 Å². The summed E-state index contributed by atoms with van der Waals surface area (Å²) in [7, 11) is 0. The molecule has 0 fully saturated rings. The summed E-state index contributed by atoms with van der Waals surface area (Å²) in [4.78, 5) is 14.3. The number of carbonyl (C=O) groups is 1. The highest BCUT2D eigenvalue weighted by Crippen LogP contribution is 2.15. The van der Waals surface area contributed by atoms with E-state index in [1.165, 1.54) is 0 Å². The fourth-order valence-electron chi connectivity index (χ4n) is 2.43. The Morgan fingerprint density at radius 1 is 1.20 bits per heavy atom. The van der Waals surface area contributed by atoms with Crippen LogP contribution in [-0.4, -0.2) is 23.9 Å². The van der Waals surface area contributed by atoms with Crippen molar-refractivity contribution in [3.05, 3.63) is 29.8 Å². The van der Waals surface area contributed by atoms with Crippen molar-refractivity contribution in [1.29, 1.82) is 0 Å². The van der Waals surface area contributed by atoms with Crippen LogP contribution in [0.15, 0.2) is 24.3 Å². The van der Waals surface area contributed by atoms with Gasteiger partial charge in [0.1, 0.15) is 0 Å². The summed E-state index contributed by atoms with van der Waals surface area (Å²) in [5.41, 5.74) is 7.76. The third kappa shape index (κ3) is 4.87. The molecule has 0 aromatic heterocycles. The second-order valence-corrected chi connectivity index (χ2v) is 5.31. The first-order valence-corrected chi connectivity index (χ1v) is 7.73. The van der Waals surface area contributed by atoms with Crippen LogP contribution < -0.4 is 5.73 Å². The van der Waals surface area contributed by atoms with Crippen LogP contribution in [-0.2, 0) is 11.2 Å². The summed E-state index contributed by atoms with van der Waals surface area (Å²) in [5, 5.41) is 0. The van der Waals surface area contributed by atoms with E-state index in [1.807, 2.05) is 29.2 Å². The molecule has 1 aromatic carbocycles. The number of rotatable bonds is 8. The monoisotopic (exact) mass is 276 g/mol. The quantitative estimate of drug-likeness (QED) is 0.739. The van der Waals surface area contributed by atoms with Gasteiger partial charge in [-0.1, -0.05) is 44.9 Å². The Morgan fingerprint density at radius 3 is 2.40 bits per heavy atom. The molecule has 0 spiro atoms. The molecule has 0 saturated heterocycles. The fraction of sp³-hybridized carbons (Fsp3) is 0.588. The second-order valence-electron chi connectivity index (χ2n) is 5.31. The number of hydrogen-bond acceptors (Lipinski definition) is 2. The molecule has 1 rings (SSSR count). The number of nitrogens with two attached hydrogens (primary N) is 1. The lowest BCUT2D eigenvalue weighted by Crippen LogP contribution is -2.35. The van der Waals surface area contributed by atoms with Crippen LogP contribution in [0, 0.1) is 5.92 Å². The van der Waals surface area contributed by atoms with E-state index in [0.717, 1.165) is 43.6 Å². The van der Waals surface area contributed by atoms with Gasteiger partial charge in [-0.2, -0.15) is 0 Å². The molecule has 0 unspecified atom stereocenters. The average Bonchev–Trinajstić information content (AvgIpc) is 2.47. The number of hydrogen-bond donors (Lipinski definition) is 1. The minimum atomic E-state index is 0.239. The molecule has 1 amide bonds. The summed E-state index contributed by atoms with van der Waals surface area (Å²) in [6.07, 6.45) is 3.53. The standard InChI is InChI=1S/C17H28N2O/c1-4-14(5-2)13-19(6-3)17(20)12-11-15-9-7-8-10-16(15)18/h7-10,14H,4-6,11-13,18H2,1-3H3. The van der Waals surface area contributed by atoms with Gasteiger partial charge in [0.05, 0.1) is 0 Å². The van der Waals surface area contributed by atoms with Crippen LogP contribution in [0.2, 0.25) is 0 Å². The zero-order valence-corrected chi connectivity index (χ0v) is 13.1. The van der Waals surface area contributed by atoms with Gasteiger partial charge in [0, 0.05) is 25.2 Å². The molecule has 0 saturated carbocycles. The molecule has 0 radical (unpaired) electrons. The first-order chi connectivity index (χ1) is 9.62. The minimum Gasteiger partial charge on any atom is -0.399 e. The second kappa shape index (κ2) is 8.62. The normalized spacial score (nSPS) is 10.8. The molecule has 0 aliphatic carbocycles. The van der Waals surface area contributed by atoms with Gasteiger partial charge in [-0.3, -0.25) is 4.79 Å². The SMILES string of the molecule is CCC(CC)CN(CC)C(=O)CCc1ccccc1N. The van der Waals surface area contributed by atoms with E-state index in [1.54, 1.807) is 0 Å². The molecule has 3 nitrogen and oxygen atoms in total. The van der Waals surface area contributed by atoms with Crippen molar-refractivity contribution >= 4 is 11.6 Å². The highest BCUT2D eigenvalue weighted by atomic mass is 16.2. The van der Waals surface area contributed by atoms with Crippen LogP contribution in [0.3, 0.4) is 0 Å². The van der Waals surface area contributed by atoms with Crippen molar-refractivity contribution in [2.75, 3.05) is 18.8 Å². The number of benzene rings is 1. The highest BCUT2D eigenvalue weighted by molar-refractivity contribution is 5.76. The minimum absolute atomic E-state index is 0.239. The van der Waals surface area contributed by atoms with Crippen LogP contribution >= 0.6 is 0 Å². The van der Waals surface area contributed by atoms with E-state index in [4.69, 9.17) is 5.73 Å². The van der Waals surface area contributed by atoms with Crippen LogP contribution in [0.5, 0.6) is 0 Å². The van der Waals surface area contributed by atoms with E-state index < -0.39 is 0 Å². The first kappa shape index (κ1) is 16.5. The topological polar surface area (TPSA) is 46.3 Å². The number of nitrogen functional groups attached to an aromatic ring is 1.